The molecule has 0 saturated heterocycles. The van der Waals surface area contributed by atoms with Crippen molar-refractivity contribution in [2.45, 2.75) is 138 Å². The van der Waals surface area contributed by atoms with Crippen molar-refractivity contribution in [2.75, 3.05) is 0 Å². The van der Waals surface area contributed by atoms with E-state index in [0.29, 0.717) is 61.1 Å². The maximum absolute atomic E-state index is 12.4. The van der Waals surface area contributed by atoms with E-state index in [1.54, 1.807) is 50.5 Å². The molecule has 0 unspecified atom stereocenters. The van der Waals surface area contributed by atoms with Crippen molar-refractivity contribution in [1.82, 2.24) is 14.5 Å². The Labute approximate surface area is 446 Å². The number of phenols is 1. The molecule has 0 amide bonds. The number of hydrogen-bond donors (Lipinski definition) is 1. The number of para-hydroxylation sites is 1. The third-order valence-corrected chi connectivity index (χ3v) is 12.4. The van der Waals surface area contributed by atoms with Crippen LogP contribution in [0.3, 0.4) is 0 Å². The Morgan fingerprint density at radius 1 is 0.662 bits per heavy atom. The Balaban J connectivity index is 0.0000106. The molecule has 2 heterocycles. The zero-order chi connectivity index (χ0) is 63.6. The van der Waals surface area contributed by atoms with Gasteiger partial charge in [0.2, 0.25) is 0 Å². The van der Waals surface area contributed by atoms with Gasteiger partial charge in [-0.15, -0.1) is 29.3 Å². The monoisotopic (exact) mass is 1100 g/mol. The van der Waals surface area contributed by atoms with Gasteiger partial charge in [-0.3, -0.25) is 9.55 Å². The summed E-state index contributed by atoms with van der Waals surface area (Å²) < 4.78 is 158. The molecule has 2 aromatic heterocycles. The quantitative estimate of drug-likeness (QED) is 0.139. The SMILES string of the molecule is [2H]c1c([2H])c(C(C([2H])([2H])[2H])(C([2H])([2H])[2H])C([2H])([2H])[2H])c([2H])c([2H])c1-c1ccnc(-c2[c-]c(-c3cccc4c3nc(-c3cc(C(C)C)cc(C(C)C)c3O)n4-c3ccc(-c4c(C([2H])(C)C)cccc4C([2H])(C)C)cc3C([2H])([2H])[2H])cc(C(C)(C)C)c2)c1.[Pt]. The summed E-state index contributed by atoms with van der Waals surface area (Å²) in [5, 5.41) is 12.4. The minimum atomic E-state index is -3.85. The van der Waals surface area contributed by atoms with Gasteiger partial charge in [-0.1, -0.05) is 181 Å². The van der Waals surface area contributed by atoms with Crippen LogP contribution in [-0.2, 0) is 31.9 Å². The second kappa shape index (κ2) is 19.4. The number of aromatic nitrogens is 3. The van der Waals surface area contributed by atoms with Gasteiger partial charge in [-0.25, -0.2) is 4.98 Å². The first-order chi connectivity index (χ1) is 38.9. The van der Waals surface area contributed by atoms with Crippen LogP contribution in [0, 0.1) is 12.9 Å². The maximum Gasteiger partial charge on any atom is 0.148 e. The van der Waals surface area contributed by atoms with Crippen molar-refractivity contribution in [3.8, 4) is 67.5 Å². The van der Waals surface area contributed by atoms with Gasteiger partial charge in [-0.05, 0) is 127 Å². The molecule has 0 aliphatic rings. The summed E-state index contributed by atoms with van der Waals surface area (Å²) in [6.45, 7) is 6.76. The second-order valence-corrected chi connectivity index (χ2v) is 19.6. The predicted octanol–water partition coefficient (Wildman–Crippen LogP) is 17.7. The first-order valence-electron chi connectivity index (χ1n) is 31.7. The third kappa shape index (κ3) is 9.82. The summed E-state index contributed by atoms with van der Waals surface area (Å²) in [4.78, 5) is 10.1. The van der Waals surface area contributed by atoms with Crippen molar-refractivity contribution in [2.24, 2.45) is 0 Å². The molecule has 0 aliphatic carbocycles. The van der Waals surface area contributed by atoms with Gasteiger partial charge in [0.05, 0.1) is 27.8 Å². The third-order valence-electron chi connectivity index (χ3n) is 12.4. The molecule has 0 fully saturated rings. The Morgan fingerprint density at radius 3 is 1.96 bits per heavy atom. The van der Waals surface area contributed by atoms with E-state index in [0.717, 1.165) is 11.1 Å². The van der Waals surface area contributed by atoms with Crippen LogP contribution in [-0.4, -0.2) is 19.6 Å². The van der Waals surface area contributed by atoms with E-state index in [1.165, 1.54) is 18.3 Å². The Morgan fingerprint density at radius 2 is 1.34 bits per heavy atom. The Bertz CT molecular complexity index is 3830. The normalized spacial score (nSPS) is 17.1. The largest absolute Gasteiger partial charge is 0.507 e. The number of fused-ring (bicyclic) bond motifs is 1. The molecule has 0 saturated carbocycles. The molecule has 1 N–H and O–H groups in total. The van der Waals surface area contributed by atoms with Gasteiger partial charge < -0.3 is 5.11 Å². The first kappa shape index (κ1) is 31.5. The number of benzene rings is 6. The molecular formula is C63H70N3OPt-. The molecule has 0 radical (unpaired) electrons. The molecule has 4 nitrogen and oxygen atoms in total. The molecule has 0 atom stereocenters. The molecule has 6 aromatic carbocycles. The predicted molar refractivity (Wildman–Crippen MR) is 285 cm³/mol. The minimum Gasteiger partial charge on any atom is -0.507 e. The van der Waals surface area contributed by atoms with Crippen molar-refractivity contribution < 1.29 is 50.8 Å². The van der Waals surface area contributed by atoms with Crippen molar-refractivity contribution >= 4 is 11.0 Å². The number of hydrogen-bond acceptors (Lipinski definition) is 3. The average Bonchev–Trinajstić information content (AvgIpc) is 0.745. The van der Waals surface area contributed by atoms with Crippen LogP contribution in [0.15, 0.2) is 121 Å². The number of aryl methyl sites for hydroxylation is 1. The Kier molecular flexibility index (Phi) is 9.01. The molecule has 0 aliphatic heterocycles. The van der Waals surface area contributed by atoms with Gasteiger partial charge in [0.15, 0.2) is 0 Å². The molecule has 0 bridgehead atoms. The zero-order valence-corrected chi connectivity index (χ0v) is 42.8. The van der Waals surface area contributed by atoms with Crippen molar-refractivity contribution in [3.63, 3.8) is 0 Å². The molecule has 68 heavy (non-hydrogen) atoms. The number of imidazole rings is 1. The van der Waals surface area contributed by atoms with Crippen LogP contribution in [0.1, 0.15) is 184 Å². The van der Waals surface area contributed by atoms with Gasteiger partial charge in [0.25, 0.3) is 0 Å². The van der Waals surface area contributed by atoms with E-state index in [-0.39, 0.29) is 72.5 Å². The standard InChI is InChI=1S/C63H70N3O.Pt/c1-37(2)45-34-53(40(7)8)60(67)54(35-45)61-65-59-52(20-17-21-57(59)66(61)56-27-24-44(30-41(56)9)58-50(38(3)4)18-16-19-51(58)39(5)6)46-31-47(33-49(32-46)63(13,14)15)55-36-43(28-29-64-55)42-22-25-48(26-23-42)62(10,11)12;/h16-30,32-40,67H,1-15H3;/q-1;/i9D3,10D3,11D3,12D3,22D,23D,25D,26D,38D,39D;. The fourth-order valence-electron chi connectivity index (χ4n) is 8.61. The van der Waals surface area contributed by atoms with Gasteiger partial charge in [0, 0.05) is 52.1 Å². The van der Waals surface area contributed by atoms with Crippen molar-refractivity contribution in [3.05, 3.63) is 166 Å². The van der Waals surface area contributed by atoms with Crippen LogP contribution in [0.4, 0.5) is 0 Å². The van der Waals surface area contributed by atoms with E-state index in [9.17, 15) is 12.0 Å². The van der Waals surface area contributed by atoms with Gasteiger partial charge in [-0.2, -0.15) is 0 Å². The van der Waals surface area contributed by atoms with E-state index in [4.69, 9.17) is 22.8 Å². The smallest absolute Gasteiger partial charge is 0.148 e. The summed E-state index contributed by atoms with van der Waals surface area (Å²) in [5.74, 6) is -2.19. The van der Waals surface area contributed by atoms with Crippen LogP contribution in [0.25, 0.3) is 72.7 Å². The number of nitrogens with zero attached hydrogens (tertiary/aromatic N) is 3. The van der Waals surface area contributed by atoms with E-state index < -0.39 is 79.8 Å². The van der Waals surface area contributed by atoms with Gasteiger partial charge in [0.1, 0.15) is 11.6 Å². The molecule has 5 heteroatoms. The summed E-state index contributed by atoms with van der Waals surface area (Å²) in [7, 11) is 0. The topological polar surface area (TPSA) is 50.9 Å². The molecule has 354 valence electrons. The van der Waals surface area contributed by atoms with Crippen molar-refractivity contribution in [1.29, 1.82) is 0 Å². The van der Waals surface area contributed by atoms with Crippen LogP contribution in [0.2, 0.25) is 0 Å². The fourth-order valence-corrected chi connectivity index (χ4v) is 8.61. The van der Waals surface area contributed by atoms with E-state index in [2.05, 4.69) is 11.1 Å². The Hall–Kier alpha value is -5.57. The number of pyridine rings is 1. The van der Waals surface area contributed by atoms with Crippen LogP contribution < -0.4 is 0 Å². The van der Waals surface area contributed by atoms with E-state index in [1.807, 2.05) is 109 Å². The summed E-state index contributed by atoms with van der Waals surface area (Å²) >= 11 is 0. The number of aromatic hydroxyl groups is 1. The summed E-state index contributed by atoms with van der Waals surface area (Å²) in [5.41, 5.74) is 1.86. The summed E-state index contributed by atoms with van der Waals surface area (Å²) in [6.07, 6.45) is 1.37. The molecule has 0 spiro atoms. The maximum atomic E-state index is 12.4. The fraction of sp³-hybridized carbons (Fsp3) is 0.333. The average molecular weight is 1100 g/mol. The minimum absolute atomic E-state index is 0. The second-order valence-electron chi connectivity index (χ2n) is 19.6. The molecule has 8 aromatic rings. The molecule has 8 rings (SSSR count). The number of rotatable bonds is 10. The zero-order valence-electron chi connectivity index (χ0n) is 58.5. The number of phenolic OH excluding ortho intramolecular Hbond substituents is 1. The van der Waals surface area contributed by atoms with Crippen LogP contribution in [0.5, 0.6) is 5.75 Å². The van der Waals surface area contributed by atoms with Crippen LogP contribution >= 0.6 is 0 Å². The van der Waals surface area contributed by atoms with E-state index >= 15 is 0 Å². The molecular weight excluding hydrogens is 1010 g/mol. The van der Waals surface area contributed by atoms with Gasteiger partial charge >= 0.3 is 0 Å². The summed E-state index contributed by atoms with van der Waals surface area (Å²) in [6, 6.07) is 26.1. The first-order valence-corrected chi connectivity index (χ1v) is 22.7.